The number of hydrogen-bond acceptors (Lipinski definition) is 0. The number of hydrogen-bond donors (Lipinski definition) is 0. The average molecular weight is 158 g/mol. The molecule has 0 aromatic carbocycles. The Hall–Kier alpha value is -1.22. The van der Waals surface area contributed by atoms with E-state index in [1.807, 2.05) is 6.08 Å². The van der Waals surface area contributed by atoms with Gasteiger partial charge in [-0.2, -0.15) is 0 Å². The minimum Gasteiger partial charge on any atom is -0.0845 e. The van der Waals surface area contributed by atoms with Gasteiger partial charge in [0.1, 0.15) is 0 Å². The summed E-state index contributed by atoms with van der Waals surface area (Å²) in [6, 6.07) is 0. The summed E-state index contributed by atoms with van der Waals surface area (Å²) in [5.41, 5.74) is 6.01. The van der Waals surface area contributed by atoms with E-state index in [4.69, 9.17) is 0 Å². The summed E-state index contributed by atoms with van der Waals surface area (Å²) >= 11 is 0. The Morgan fingerprint density at radius 2 is 1.67 bits per heavy atom. The highest BCUT2D eigenvalue weighted by Crippen LogP contribution is 1.98. The molecule has 0 aliphatic heterocycles. The number of rotatable bonds is 0. The van der Waals surface area contributed by atoms with Crippen LogP contribution in [0.15, 0.2) is 47.9 Å². The minimum atomic E-state index is 0.950. The Balaban J connectivity index is 2.56. The molecule has 62 valence electrons. The van der Waals surface area contributed by atoms with Gasteiger partial charge in [-0.25, -0.2) is 0 Å². The van der Waals surface area contributed by atoms with Crippen LogP contribution in [0.4, 0.5) is 0 Å². The first kappa shape index (κ1) is 8.87. The highest BCUT2D eigenvalue weighted by Gasteiger charge is 1.78. The van der Waals surface area contributed by atoms with Crippen LogP contribution >= 0.6 is 0 Å². The van der Waals surface area contributed by atoms with E-state index < -0.39 is 0 Å². The van der Waals surface area contributed by atoms with Crippen molar-refractivity contribution >= 4 is 0 Å². The van der Waals surface area contributed by atoms with Crippen LogP contribution in [0.25, 0.3) is 0 Å². The fraction of sp³-hybridized carbons (Fsp3) is 0.333. The molecule has 12 heavy (non-hydrogen) atoms. The van der Waals surface area contributed by atoms with Crippen molar-refractivity contribution in [1.29, 1.82) is 0 Å². The maximum Gasteiger partial charge on any atom is -0.00834 e. The zero-order chi connectivity index (χ0) is 8.49. The van der Waals surface area contributed by atoms with Crippen LogP contribution < -0.4 is 0 Å². The van der Waals surface area contributed by atoms with Crippen LogP contribution in [0.2, 0.25) is 0 Å². The van der Waals surface area contributed by atoms with E-state index in [2.05, 4.69) is 41.8 Å². The van der Waals surface area contributed by atoms with Gasteiger partial charge in [0, 0.05) is 0 Å². The van der Waals surface area contributed by atoms with Crippen molar-refractivity contribution < 1.29 is 0 Å². The first-order chi connectivity index (χ1) is 6.00. The largest absolute Gasteiger partial charge is 0.0845 e. The Morgan fingerprint density at radius 1 is 0.833 bits per heavy atom. The molecule has 0 N–H and O–H groups in total. The number of allylic oxidation sites excluding steroid dienone is 6. The van der Waals surface area contributed by atoms with Gasteiger partial charge in [-0.15, -0.1) is 0 Å². The monoisotopic (exact) mass is 158 g/mol. The maximum absolute atomic E-state index is 3.01. The standard InChI is InChI=1S/C12H14/c1-2-4-6-8-10-12-11-9-7-5-3-1/h1-4,7,12H,5-6,8,10H2/b3-1+,4-2+,12-7?. The lowest BCUT2D eigenvalue weighted by Gasteiger charge is -1.87. The summed E-state index contributed by atoms with van der Waals surface area (Å²) in [6.45, 7) is 0. The molecule has 0 heteroatoms. The van der Waals surface area contributed by atoms with Crippen molar-refractivity contribution in [3.63, 3.8) is 0 Å². The van der Waals surface area contributed by atoms with E-state index in [-0.39, 0.29) is 0 Å². The predicted molar refractivity (Wildman–Crippen MR) is 52.9 cm³/mol. The average Bonchev–Trinajstić information content (AvgIpc) is 2.05. The SMILES string of the molecule is C1=C=CCCC/C=C/C=C/CC=1. The Labute approximate surface area is 74.3 Å². The van der Waals surface area contributed by atoms with Crippen LogP contribution in [-0.4, -0.2) is 0 Å². The maximum atomic E-state index is 3.01. The lowest BCUT2D eigenvalue weighted by molar-refractivity contribution is 0.869. The molecule has 1 aliphatic carbocycles. The highest BCUT2D eigenvalue weighted by molar-refractivity contribution is 5.05. The van der Waals surface area contributed by atoms with Crippen LogP contribution in [0.1, 0.15) is 25.7 Å². The van der Waals surface area contributed by atoms with E-state index >= 15 is 0 Å². The van der Waals surface area contributed by atoms with E-state index in [1.165, 1.54) is 6.42 Å². The van der Waals surface area contributed by atoms with E-state index in [0.29, 0.717) is 0 Å². The molecule has 0 bridgehead atoms. The van der Waals surface area contributed by atoms with Crippen molar-refractivity contribution in [2.45, 2.75) is 25.7 Å². The molecule has 1 rings (SSSR count). The van der Waals surface area contributed by atoms with Crippen molar-refractivity contribution in [3.8, 4) is 0 Å². The molecule has 0 unspecified atom stereocenters. The van der Waals surface area contributed by atoms with E-state index in [1.54, 1.807) is 0 Å². The molecule has 0 aromatic heterocycles. The zero-order valence-corrected chi connectivity index (χ0v) is 7.29. The molecule has 0 fully saturated rings. The molecular formula is C12H14. The molecule has 0 atom stereocenters. The first-order valence-electron chi connectivity index (χ1n) is 4.46. The van der Waals surface area contributed by atoms with Gasteiger partial charge in [-0.1, -0.05) is 35.8 Å². The normalized spacial score (nSPS) is 22.7. The summed E-state index contributed by atoms with van der Waals surface area (Å²) in [7, 11) is 0. The second-order valence-corrected chi connectivity index (χ2v) is 2.72. The fourth-order valence-corrected chi connectivity index (χ4v) is 0.987. The molecular weight excluding hydrogens is 144 g/mol. The van der Waals surface area contributed by atoms with Crippen molar-refractivity contribution in [1.82, 2.24) is 0 Å². The lowest BCUT2D eigenvalue weighted by atomic mass is 10.2. The molecule has 0 saturated heterocycles. The fourth-order valence-electron chi connectivity index (χ4n) is 0.987. The van der Waals surface area contributed by atoms with Gasteiger partial charge in [0.25, 0.3) is 0 Å². The van der Waals surface area contributed by atoms with Gasteiger partial charge in [-0.3, -0.25) is 0 Å². The third kappa shape index (κ3) is 4.57. The van der Waals surface area contributed by atoms with Gasteiger partial charge in [0.05, 0.1) is 0 Å². The molecule has 0 spiro atoms. The van der Waals surface area contributed by atoms with E-state index in [9.17, 15) is 0 Å². The minimum absolute atomic E-state index is 0.950. The Bertz CT molecular complexity index is 254. The van der Waals surface area contributed by atoms with Gasteiger partial charge < -0.3 is 0 Å². The third-order valence-electron chi connectivity index (χ3n) is 1.64. The summed E-state index contributed by atoms with van der Waals surface area (Å²) < 4.78 is 0. The molecule has 0 nitrogen and oxygen atoms in total. The molecule has 0 heterocycles. The summed E-state index contributed by atoms with van der Waals surface area (Å²) in [5, 5.41) is 0. The first-order valence-corrected chi connectivity index (χ1v) is 4.46. The van der Waals surface area contributed by atoms with Crippen LogP contribution in [0.3, 0.4) is 0 Å². The predicted octanol–water partition coefficient (Wildman–Crippen LogP) is 3.54. The molecule has 0 amide bonds. The van der Waals surface area contributed by atoms with Crippen molar-refractivity contribution in [2.75, 3.05) is 0 Å². The van der Waals surface area contributed by atoms with Gasteiger partial charge in [0.2, 0.25) is 0 Å². The second kappa shape index (κ2) is 6.49. The molecule has 1 aliphatic rings. The quantitative estimate of drug-likeness (QED) is 0.473. The van der Waals surface area contributed by atoms with Crippen LogP contribution in [0.5, 0.6) is 0 Å². The molecule has 0 saturated carbocycles. The second-order valence-electron chi connectivity index (χ2n) is 2.72. The smallest absolute Gasteiger partial charge is 0.00834 e. The van der Waals surface area contributed by atoms with Crippen molar-refractivity contribution in [3.05, 3.63) is 47.9 Å². The lowest BCUT2D eigenvalue weighted by Crippen LogP contribution is -1.67. The van der Waals surface area contributed by atoms with Crippen molar-refractivity contribution in [2.24, 2.45) is 0 Å². The van der Waals surface area contributed by atoms with Crippen LogP contribution in [0, 0.1) is 0 Å². The highest BCUT2D eigenvalue weighted by atomic mass is 13.8. The topological polar surface area (TPSA) is 0 Å². The molecule has 0 aromatic rings. The van der Waals surface area contributed by atoms with Gasteiger partial charge in [0.15, 0.2) is 0 Å². The van der Waals surface area contributed by atoms with Gasteiger partial charge >= 0.3 is 0 Å². The summed E-state index contributed by atoms with van der Waals surface area (Å²) in [6.07, 6.45) is 17.0. The van der Waals surface area contributed by atoms with E-state index in [0.717, 1.165) is 19.3 Å². The van der Waals surface area contributed by atoms with Crippen LogP contribution in [-0.2, 0) is 0 Å². The summed E-state index contributed by atoms with van der Waals surface area (Å²) in [5.74, 6) is 0. The zero-order valence-electron chi connectivity index (χ0n) is 7.29. The third-order valence-corrected chi connectivity index (χ3v) is 1.64. The Morgan fingerprint density at radius 3 is 2.67 bits per heavy atom. The van der Waals surface area contributed by atoms with Gasteiger partial charge in [-0.05, 0) is 37.8 Å². The Kier molecular flexibility index (Phi) is 4.80. The summed E-state index contributed by atoms with van der Waals surface area (Å²) in [4.78, 5) is 0. The molecule has 0 radical (unpaired) electrons.